The van der Waals surface area contributed by atoms with Gasteiger partial charge in [-0.25, -0.2) is 8.78 Å². The standard InChI is InChI=1S/C23H22Cl2F2N2O2/c24-17-3-1-14(18(25)12-17)13-29-9-6-15(7-10-29)23(8-5-21(30)28-22(23)31)16-2-4-19(26)20(27)11-16/h1-4,11-12,15H,5-10,13H2,(H,28,30,31)/t23-/m0/s1. The number of likely N-dealkylation sites (tertiary alicyclic amines) is 1. The van der Waals surface area contributed by atoms with E-state index in [1.54, 1.807) is 12.1 Å². The molecule has 0 radical (unpaired) electrons. The molecule has 2 heterocycles. The Labute approximate surface area is 189 Å². The molecule has 31 heavy (non-hydrogen) atoms. The molecule has 2 aliphatic rings. The smallest absolute Gasteiger partial charge is 0.237 e. The van der Waals surface area contributed by atoms with Crippen LogP contribution in [0.25, 0.3) is 0 Å². The Hall–Kier alpha value is -2.02. The molecule has 0 unspecified atom stereocenters. The van der Waals surface area contributed by atoms with Crippen LogP contribution in [0.5, 0.6) is 0 Å². The zero-order valence-electron chi connectivity index (χ0n) is 16.8. The van der Waals surface area contributed by atoms with Crippen LogP contribution in [0.4, 0.5) is 8.78 Å². The third-order valence-electron chi connectivity index (χ3n) is 6.53. The van der Waals surface area contributed by atoms with Crippen LogP contribution in [-0.2, 0) is 21.5 Å². The molecule has 8 heteroatoms. The summed E-state index contributed by atoms with van der Waals surface area (Å²) in [6.45, 7) is 2.10. The van der Waals surface area contributed by atoms with Crippen LogP contribution in [0.2, 0.25) is 10.0 Å². The number of amides is 2. The first kappa shape index (κ1) is 22.2. The van der Waals surface area contributed by atoms with Gasteiger partial charge in [-0.05, 0) is 73.7 Å². The fourth-order valence-electron chi connectivity index (χ4n) is 4.87. The van der Waals surface area contributed by atoms with Crippen molar-refractivity contribution in [2.45, 2.75) is 37.6 Å². The van der Waals surface area contributed by atoms with Crippen molar-refractivity contribution in [3.63, 3.8) is 0 Å². The molecule has 2 aromatic carbocycles. The van der Waals surface area contributed by atoms with Crippen LogP contribution < -0.4 is 5.32 Å². The Morgan fingerprint density at radius 3 is 2.42 bits per heavy atom. The Kier molecular flexibility index (Phi) is 6.33. The van der Waals surface area contributed by atoms with Crippen molar-refractivity contribution >= 4 is 35.0 Å². The van der Waals surface area contributed by atoms with Gasteiger partial charge < -0.3 is 0 Å². The van der Waals surface area contributed by atoms with E-state index in [-0.39, 0.29) is 24.7 Å². The SMILES string of the molecule is O=C1CC[C@@](c2ccc(F)c(F)c2)(C2CCN(Cc3ccc(Cl)cc3Cl)CC2)C(=O)N1. The highest BCUT2D eigenvalue weighted by Gasteiger charge is 2.50. The van der Waals surface area contributed by atoms with E-state index in [9.17, 15) is 18.4 Å². The first-order valence-electron chi connectivity index (χ1n) is 10.3. The molecule has 4 rings (SSSR count). The van der Waals surface area contributed by atoms with Gasteiger partial charge in [0.25, 0.3) is 0 Å². The molecule has 2 amide bonds. The second-order valence-electron chi connectivity index (χ2n) is 8.26. The molecule has 0 saturated carbocycles. The molecule has 0 aliphatic carbocycles. The van der Waals surface area contributed by atoms with Gasteiger partial charge in [-0.2, -0.15) is 0 Å². The minimum Gasteiger partial charge on any atom is -0.299 e. The quantitative estimate of drug-likeness (QED) is 0.654. The normalized spacial score (nSPS) is 23.1. The molecular formula is C23H22Cl2F2N2O2. The summed E-state index contributed by atoms with van der Waals surface area (Å²) in [4.78, 5) is 27.1. The van der Waals surface area contributed by atoms with Gasteiger partial charge in [0.2, 0.25) is 11.8 Å². The summed E-state index contributed by atoms with van der Waals surface area (Å²) < 4.78 is 27.6. The predicted molar refractivity (Wildman–Crippen MR) is 115 cm³/mol. The number of nitrogens with one attached hydrogen (secondary N) is 1. The second kappa shape index (κ2) is 8.85. The molecular weight excluding hydrogens is 445 g/mol. The number of rotatable bonds is 4. The van der Waals surface area contributed by atoms with Crippen LogP contribution in [-0.4, -0.2) is 29.8 Å². The van der Waals surface area contributed by atoms with Crippen LogP contribution in [0.3, 0.4) is 0 Å². The maximum atomic E-state index is 14.0. The first-order chi connectivity index (χ1) is 14.8. The number of hydrogen-bond donors (Lipinski definition) is 1. The lowest BCUT2D eigenvalue weighted by Gasteiger charge is -2.45. The van der Waals surface area contributed by atoms with Crippen LogP contribution >= 0.6 is 23.2 Å². The van der Waals surface area contributed by atoms with Crippen molar-refractivity contribution in [1.29, 1.82) is 0 Å². The highest BCUT2D eigenvalue weighted by atomic mass is 35.5. The number of hydrogen-bond acceptors (Lipinski definition) is 3. The average molecular weight is 467 g/mol. The van der Waals surface area contributed by atoms with E-state index >= 15 is 0 Å². The van der Waals surface area contributed by atoms with Crippen LogP contribution in [0.15, 0.2) is 36.4 Å². The third-order valence-corrected chi connectivity index (χ3v) is 7.12. The summed E-state index contributed by atoms with van der Waals surface area (Å²) in [5.74, 6) is -2.80. The Bertz CT molecular complexity index is 1020. The van der Waals surface area contributed by atoms with Gasteiger partial charge >= 0.3 is 0 Å². The Morgan fingerprint density at radius 1 is 1.03 bits per heavy atom. The highest BCUT2D eigenvalue weighted by Crippen LogP contribution is 2.44. The van der Waals surface area contributed by atoms with Crippen molar-refractivity contribution in [2.24, 2.45) is 5.92 Å². The summed E-state index contributed by atoms with van der Waals surface area (Å²) in [7, 11) is 0. The molecule has 0 spiro atoms. The molecule has 0 bridgehead atoms. The lowest BCUT2D eigenvalue weighted by atomic mass is 9.62. The monoisotopic (exact) mass is 466 g/mol. The molecule has 4 nitrogen and oxygen atoms in total. The van der Waals surface area contributed by atoms with Crippen LogP contribution in [0, 0.1) is 17.6 Å². The number of carbonyl (C=O) groups is 2. The fraction of sp³-hybridized carbons (Fsp3) is 0.391. The number of halogens is 4. The minimum atomic E-state index is -1.05. The number of carbonyl (C=O) groups excluding carboxylic acids is 2. The summed E-state index contributed by atoms with van der Waals surface area (Å²) >= 11 is 12.3. The lowest BCUT2D eigenvalue weighted by Crippen LogP contribution is -2.57. The summed E-state index contributed by atoms with van der Waals surface area (Å²) in [6, 6.07) is 9.04. The molecule has 2 aliphatic heterocycles. The average Bonchev–Trinajstić information content (AvgIpc) is 2.73. The van der Waals surface area contributed by atoms with Crippen molar-refractivity contribution in [3.8, 4) is 0 Å². The van der Waals surface area contributed by atoms with E-state index in [4.69, 9.17) is 23.2 Å². The highest BCUT2D eigenvalue weighted by molar-refractivity contribution is 6.35. The molecule has 2 aromatic rings. The van der Waals surface area contributed by atoms with Gasteiger partial charge in [-0.3, -0.25) is 19.8 Å². The fourth-order valence-corrected chi connectivity index (χ4v) is 5.34. The first-order valence-corrected chi connectivity index (χ1v) is 11.0. The van der Waals surface area contributed by atoms with Gasteiger partial charge in [0.05, 0.1) is 5.41 Å². The van der Waals surface area contributed by atoms with Gasteiger partial charge in [-0.15, -0.1) is 0 Å². The third kappa shape index (κ3) is 4.34. The van der Waals surface area contributed by atoms with E-state index < -0.39 is 23.0 Å². The van der Waals surface area contributed by atoms with Gasteiger partial charge in [0, 0.05) is 23.0 Å². The van der Waals surface area contributed by atoms with Gasteiger partial charge in [-0.1, -0.05) is 35.3 Å². The molecule has 1 atom stereocenters. The number of piperidine rings is 2. The van der Waals surface area contributed by atoms with Crippen molar-refractivity contribution in [3.05, 3.63) is 69.2 Å². The van der Waals surface area contributed by atoms with Gasteiger partial charge in [0.1, 0.15) is 0 Å². The summed E-state index contributed by atoms with van der Waals surface area (Å²) in [5.41, 5.74) is 0.350. The second-order valence-corrected chi connectivity index (χ2v) is 9.11. The summed E-state index contributed by atoms with van der Waals surface area (Å²) in [5, 5.41) is 3.62. The molecule has 2 fully saturated rings. The van der Waals surface area contributed by atoms with E-state index in [0.29, 0.717) is 35.0 Å². The molecule has 0 aromatic heterocycles. The number of benzene rings is 2. The summed E-state index contributed by atoms with van der Waals surface area (Å²) in [6.07, 6.45) is 1.83. The van der Waals surface area contributed by atoms with E-state index in [2.05, 4.69) is 10.2 Å². The molecule has 1 N–H and O–H groups in total. The van der Waals surface area contributed by atoms with E-state index in [1.165, 1.54) is 6.07 Å². The zero-order chi connectivity index (χ0) is 22.2. The van der Waals surface area contributed by atoms with Crippen molar-refractivity contribution in [1.82, 2.24) is 10.2 Å². The maximum Gasteiger partial charge on any atom is 0.237 e. The van der Waals surface area contributed by atoms with Crippen molar-refractivity contribution < 1.29 is 18.4 Å². The lowest BCUT2D eigenvalue weighted by molar-refractivity contribution is -0.140. The largest absolute Gasteiger partial charge is 0.299 e. The number of imide groups is 1. The van der Waals surface area contributed by atoms with Crippen LogP contribution in [0.1, 0.15) is 36.8 Å². The van der Waals surface area contributed by atoms with Gasteiger partial charge in [0.15, 0.2) is 11.6 Å². The van der Waals surface area contributed by atoms with E-state index in [1.807, 2.05) is 6.07 Å². The number of nitrogens with zero attached hydrogens (tertiary/aromatic N) is 1. The Balaban J connectivity index is 1.55. The van der Waals surface area contributed by atoms with Crippen molar-refractivity contribution in [2.75, 3.05) is 13.1 Å². The Morgan fingerprint density at radius 2 is 1.77 bits per heavy atom. The topological polar surface area (TPSA) is 49.4 Å². The molecule has 164 valence electrons. The predicted octanol–water partition coefficient (Wildman–Crippen LogP) is 4.86. The minimum absolute atomic E-state index is 0.0950. The van der Waals surface area contributed by atoms with E-state index in [0.717, 1.165) is 30.8 Å². The maximum absolute atomic E-state index is 14.0. The molecule has 2 saturated heterocycles. The zero-order valence-corrected chi connectivity index (χ0v) is 18.3.